The molecule has 0 fully saturated rings. The summed E-state index contributed by atoms with van der Waals surface area (Å²) in [4.78, 5) is 0. The van der Waals surface area contributed by atoms with Crippen LogP contribution in [-0.2, 0) is 0 Å². The minimum atomic E-state index is 0.947. The van der Waals surface area contributed by atoms with Crippen LogP contribution in [0.25, 0.3) is 82.8 Å². The highest BCUT2D eigenvalue weighted by Crippen LogP contribution is 2.35. The zero-order chi connectivity index (χ0) is 38.3. The number of nitrogens with zero attached hydrogens (tertiary/aromatic N) is 2. The zero-order valence-corrected chi connectivity index (χ0v) is 31.8. The molecule has 57 heavy (non-hydrogen) atoms. The summed E-state index contributed by atoms with van der Waals surface area (Å²) in [6.45, 7) is 6.88. The van der Waals surface area contributed by atoms with Gasteiger partial charge in [0.15, 0.2) is 0 Å². The van der Waals surface area contributed by atoms with Gasteiger partial charge in [-0.15, -0.1) is 0 Å². The summed E-state index contributed by atoms with van der Waals surface area (Å²) >= 11 is 0. The number of fused-ring (bicyclic) bond motifs is 6. The van der Waals surface area contributed by atoms with Gasteiger partial charge >= 0.3 is 0 Å². The highest BCUT2D eigenvalue weighted by molar-refractivity contribution is 6.10. The maximum atomic E-state index is 4.67. The molecule has 2 nitrogen and oxygen atoms in total. The molecule has 2 heterocycles. The second-order valence-corrected chi connectivity index (χ2v) is 14.7. The Labute approximate surface area is 333 Å². The lowest BCUT2D eigenvalue weighted by Crippen LogP contribution is -1.95. The van der Waals surface area contributed by atoms with Gasteiger partial charge in [0.1, 0.15) is 0 Å². The summed E-state index contributed by atoms with van der Waals surface area (Å²) < 4.78 is 4.75. The number of aromatic nitrogens is 2. The van der Waals surface area contributed by atoms with Crippen LogP contribution in [-0.4, -0.2) is 9.13 Å². The average Bonchev–Trinajstić information content (AvgIpc) is 3.80. The summed E-state index contributed by atoms with van der Waals surface area (Å²) in [6.07, 6.45) is 4.55. The van der Waals surface area contributed by atoms with Gasteiger partial charge in [0.25, 0.3) is 0 Å². The van der Waals surface area contributed by atoms with E-state index < -0.39 is 0 Å². The van der Waals surface area contributed by atoms with E-state index >= 15 is 0 Å². The summed E-state index contributed by atoms with van der Waals surface area (Å²) in [6, 6.07) is 71.8. The first-order valence-electron chi connectivity index (χ1n) is 19.5. The molecule has 0 spiro atoms. The van der Waals surface area contributed by atoms with Crippen LogP contribution in [0, 0.1) is 0 Å². The Kier molecular flexibility index (Phi) is 8.58. The van der Waals surface area contributed by atoms with Crippen LogP contribution in [0.2, 0.25) is 0 Å². The van der Waals surface area contributed by atoms with E-state index in [0.717, 1.165) is 33.6 Å². The Hall–Kier alpha value is -7.42. The molecule has 0 N–H and O–H groups in total. The van der Waals surface area contributed by atoms with E-state index in [1.54, 1.807) is 0 Å². The highest BCUT2D eigenvalue weighted by atomic mass is 15.0. The van der Waals surface area contributed by atoms with E-state index in [1.807, 2.05) is 0 Å². The van der Waals surface area contributed by atoms with E-state index in [1.165, 1.54) is 65.9 Å². The van der Waals surface area contributed by atoms with E-state index in [9.17, 15) is 0 Å². The summed E-state index contributed by atoms with van der Waals surface area (Å²) in [5.74, 6) is 0. The van der Waals surface area contributed by atoms with Gasteiger partial charge in [-0.05, 0) is 106 Å². The Bertz CT molecular complexity index is 3080. The smallest absolute Gasteiger partial charge is 0.0541 e. The van der Waals surface area contributed by atoms with Crippen molar-refractivity contribution in [2.75, 3.05) is 0 Å². The van der Waals surface area contributed by atoms with Crippen LogP contribution in [0.15, 0.2) is 219 Å². The van der Waals surface area contributed by atoms with Crippen molar-refractivity contribution in [1.29, 1.82) is 0 Å². The van der Waals surface area contributed by atoms with Crippen molar-refractivity contribution in [3.05, 3.63) is 236 Å². The van der Waals surface area contributed by atoms with E-state index in [0.29, 0.717) is 0 Å². The van der Waals surface area contributed by atoms with Gasteiger partial charge in [-0.1, -0.05) is 164 Å². The average molecular weight is 729 g/mol. The van der Waals surface area contributed by atoms with Gasteiger partial charge < -0.3 is 9.13 Å². The van der Waals surface area contributed by atoms with Gasteiger partial charge in [0.05, 0.1) is 22.1 Å². The number of benzene rings is 8. The predicted molar refractivity (Wildman–Crippen MR) is 244 cm³/mol. The SMILES string of the molecule is C=C(/C=C(\C=C(/C)c1cccc(-n2c3ccccc3c3ccccc32)c1)c1ccc(-c2ccccc2)cc1)c1cccc(-n2c3ccccc3c3ccccc32)c1. The highest BCUT2D eigenvalue weighted by Gasteiger charge is 2.14. The molecule has 2 aromatic heterocycles. The lowest BCUT2D eigenvalue weighted by atomic mass is 9.94. The minimum Gasteiger partial charge on any atom is -0.309 e. The molecule has 0 saturated heterocycles. The van der Waals surface area contributed by atoms with Gasteiger partial charge in [0.2, 0.25) is 0 Å². The van der Waals surface area contributed by atoms with Crippen LogP contribution < -0.4 is 0 Å². The molecule has 10 rings (SSSR count). The Balaban J connectivity index is 1.07. The summed E-state index contributed by atoms with van der Waals surface area (Å²) in [5, 5.41) is 5.02. The van der Waals surface area contributed by atoms with E-state index in [-0.39, 0.29) is 0 Å². The normalized spacial score (nSPS) is 12.2. The van der Waals surface area contributed by atoms with Crippen LogP contribution in [0.3, 0.4) is 0 Å². The lowest BCUT2D eigenvalue weighted by molar-refractivity contribution is 1.18. The van der Waals surface area contributed by atoms with Gasteiger partial charge in [-0.2, -0.15) is 0 Å². The lowest BCUT2D eigenvalue weighted by Gasteiger charge is -2.13. The molecule has 10 aromatic rings. The fourth-order valence-electron chi connectivity index (χ4n) is 8.42. The zero-order valence-electron chi connectivity index (χ0n) is 31.8. The summed E-state index contributed by atoms with van der Waals surface area (Å²) in [5.41, 5.74) is 16.0. The molecule has 0 unspecified atom stereocenters. The van der Waals surface area contributed by atoms with Crippen molar-refractivity contribution in [2.45, 2.75) is 6.92 Å². The maximum Gasteiger partial charge on any atom is 0.0541 e. The number of allylic oxidation sites excluding steroid dienone is 5. The van der Waals surface area contributed by atoms with Crippen molar-refractivity contribution in [1.82, 2.24) is 9.13 Å². The van der Waals surface area contributed by atoms with E-state index in [4.69, 9.17) is 0 Å². The Morgan fingerprint density at radius 2 is 0.807 bits per heavy atom. The van der Waals surface area contributed by atoms with Crippen LogP contribution in [0.5, 0.6) is 0 Å². The van der Waals surface area contributed by atoms with Crippen LogP contribution >= 0.6 is 0 Å². The molecular weight excluding hydrogens is 689 g/mol. The Morgan fingerprint density at radius 1 is 0.386 bits per heavy atom. The molecule has 0 radical (unpaired) electrons. The van der Waals surface area contributed by atoms with Gasteiger partial charge in [0, 0.05) is 32.9 Å². The predicted octanol–water partition coefficient (Wildman–Crippen LogP) is 14.7. The fourth-order valence-corrected chi connectivity index (χ4v) is 8.42. The monoisotopic (exact) mass is 728 g/mol. The molecule has 0 atom stereocenters. The first-order valence-corrected chi connectivity index (χ1v) is 19.5. The topological polar surface area (TPSA) is 9.86 Å². The molecule has 0 bridgehead atoms. The third kappa shape index (κ3) is 6.18. The third-order valence-corrected chi connectivity index (χ3v) is 11.2. The quantitative estimate of drug-likeness (QED) is 0.138. The second-order valence-electron chi connectivity index (χ2n) is 14.7. The molecular formula is C55H40N2. The fraction of sp³-hybridized carbons (Fsp3) is 0.0182. The minimum absolute atomic E-state index is 0.947. The Morgan fingerprint density at radius 3 is 1.32 bits per heavy atom. The van der Waals surface area contributed by atoms with Gasteiger partial charge in [-0.25, -0.2) is 0 Å². The molecule has 0 aliphatic rings. The van der Waals surface area contributed by atoms with Crippen LogP contribution in [0.1, 0.15) is 23.6 Å². The number of para-hydroxylation sites is 4. The molecule has 0 aliphatic carbocycles. The molecule has 8 aromatic carbocycles. The van der Waals surface area contributed by atoms with Crippen LogP contribution in [0.4, 0.5) is 0 Å². The number of hydrogen-bond donors (Lipinski definition) is 0. The standard InChI is InChI=1S/C55H40N2/c1-38(43-18-14-20-46(36-43)56-52-26-10-6-22-48(52)49-23-7-11-27-53(49)56)34-45(42-32-30-41(31-33-42)40-16-4-3-5-17-40)35-39(2)44-19-15-21-47(37-44)57-54-28-12-8-24-50(54)51-25-9-13-29-55(51)57/h3-37H,1H2,2H3/b39-35+,45-34+. The van der Waals surface area contributed by atoms with Crippen molar-refractivity contribution in [3.8, 4) is 22.5 Å². The van der Waals surface area contributed by atoms with Crippen molar-refractivity contribution < 1.29 is 0 Å². The first kappa shape index (κ1) is 34.1. The number of hydrogen-bond acceptors (Lipinski definition) is 0. The molecule has 0 amide bonds. The van der Waals surface area contributed by atoms with Crippen molar-refractivity contribution in [3.63, 3.8) is 0 Å². The van der Waals surface area contributed by atoms with Gasteiger partial charge in [-0.3, -0.25) is 0 Å². The molecule has 0 saturated carbocycles. The largest absolute Gasteiger partial charge is 0.309 e. The van der Waals surface area contributed by atoms with Crippen molar-refractivity contribution >= 4 is 60.3 Å². The number of rotatable bonds is 8. The molecule has 2 heteroatoms. The third-order valence-electron chi connectivity index (χ3n) is 11.2. The van der Waals surface area contributed by atoms with E-state index in [2.05, 4.69) is 235 Å². The molecule has 270 valence electrons. The first-order chi connectivity index (χ1) is 28.1. The second kappa shape index (κ2) is 14.3. The summed E-state index contributed by atoms with van der Waals surface area (Å²) in [7, 11) is 0. The molecule has 0 aliphatic heterocycles. The maximum absolute atomic E-state index is 4.67. The van der Waals surface area contributed by atoms with Crippen molar-refractivity contribution in [2.24, 2.45) is 0 Å².